The number of thiophene rings is 1. The molecule has 1 atom stereocenters. The van der Waals surface area contributed by atoms with Gasteiger partial charge >= 0.3 is 0 Å². The van der Waals surface area contributed by atoms with Gasteiger partial charge in [0, 0.05) is 0 Å². The highest BCUT2D eigenvalue weighted by Crippen LogP contribution is 2.25. The van der Waals surface area contributed by atoms with Crippen molar-refractivity contribution in [2.24, 2.45) is 5.73 Å². The molecule has 3 rings (SSSR count). The fourth-order valence-electron chi connectivity index (χ4n) is 2.77. The topological polar surface area (TPSA) is 102 Å². The molecule has 0 fully saturated rings. The van der Waals surface area contributed by atoms with E-state index in [4.69, 9.17) is 5.73 Å². The molecular formula is C19H21N5O2S. The minimum atomic E-state index is -0.567. The maximum atomic E-state index is 12.5. The number of anilines is 2. The average molecular weight is 383 g/mol. The van der Waals surface area contributed by atoms with Crippen LogP contribution in [-0.4, -0.2) is 27.6 Å². The highest BCUT2D eigenvalue weighted by molar-refractivity contribution is 7.14. The molecule has 0 unspecified atom stereocenters. The number of benzene rings is 1. The Labute approximate surface area is 161 Å². The second kappa shape index (κ2) is 7.63. The lowest BCUT2D eigenvalue weighted by Gasteiger charge is -2.15. The zero-order valence-corrected chi connectivity index (χ0v) is 16.1. The van der Waals surface area contributed by atoms with Crippen LogP contribution in [0.2, 0.25) is 0 Å². The summed E-state index contributed by atoms with van der Waals surface area (Å²) in [5, 5.41) is 12.7. The van der Waals surface area contributed by atoms with E-state index in [-0.39, 0.29) is 5.91 Å². The lowest BCUT2D eigenvalue weighted by molar-refractivity contribution is -0.116. The lowest BCUT2D eigenvalue weighted by atomic mass is 10.2. The van der Waals surface area contributed by atoms with Crippen molar-refractivity contribution in [2.75, 3.05) is 10.6 Å². The molecule has 1 aromatic carbocycles. The number of rotatable bonds is 6. The highest BCUT2D eigenvalue weighted by Gasteiger charge is 2.20. The van der Waals surface area contributed by atoms with Gasteiger partial charge in [-0.2, -0.15) is 5.10 Å². The summed E-state index contributed by atoms with van der Waals surface area (Å²) in [6, 6.07) is 10.9. The number of amides is 2. The van der Waals surface area contributed by atoms with Gasteiger partial charge in [0.05, 0.1) is 28.3 Å². The molecule has 2 aromatic heterocycles. The Kier molecular flexibility index (Phi) is 5.27. The maximum Gasteiger partial charge on any atom is 0.251 e. The fraction of sp³-hybridized carbons (Fsp3) is 0.211. The molecule has 8 heteroatoms. The molecular weight excluding hydrogens is 362 g/mol. The summed E-state index contributed by atoms with van der Waals surface area (Å²) in [5.41, 5.74) is 9.10. The van der Waals surface area contributed by atoms with E-state index in [9.17, 15) is 9.59 Å². The average Bonchev–Trinajstić information content (AvgIpc) is 3.22. The summed E-state index contributed by atoms with van der Waals surface area (Å²) in [7, 11) is 0. The van der Waals surface area contributed by atoms with E-state index in [1.54, 1.807) is 18.4 Å². The van der Waals surface area contributed by atoms with E-state index in [1.807, 2.05) is 48.9 Å². The Morgan fingerprint density at radius 2 is 1.89 bits per heavy atom. The molecule has 2 amide bonds. The summed E-state index contributed by atoms with van der Waals surface area (Å²) in [6.45, 7) is 5.60. The van der Waals surface area contributed by atoms with Crippen LogP contribution in [0.1, 0.15) is 28.7 Å². The Morgan fingerprint density at radius 1 is 1.19 bits per heavy atom. The SMILES string of the molecule is Cc1nn(-c2ccccc2)c(C)c1N[C@H](C)C(=O)Nc1sccc1C(N)=O. The summed E-state index contributed by atoms with van der Waals surface area (Å²) < 4.78 is 1.84. The number of nitrogens with two attached hydrogens (primary N) is 1. The quantitative estimate of drug-likeness (QED) is 0.609. The van der Waals surface area contributed by atoms with Crippen molar-refractivity contribution in [1.82, 2.24) is 9.78 Å². The molecule has 4 N–H and O–H groups in total. The summed E-state index contributed by atoms with van der Waals surface area (Å²) in [6.07, 6.45) is 0. The lowest BCUT2D eigenvalue weighted by Crippen LogP contribution is -2.32. The van der Waals surface area contributed by atoms with Crippen molar-refractivity contribution >= 4 is 33.8 Å². The molecule has 0 radical (unpaired) electrons. The third-order valence-corrected chi connectivity index (χ3v) is 5.04. The van der Waals surface area contributed by atoms with Gasteiger partial charge < -0.3 is 16.4 Å². The fourth-order valence-corrected chi connectivity index (χ4v) is 3.57. The predicted molar refractivity (Wildman–Crippen MR) is 108 cm³/mol. The zero-order valence-electron chi connectivity index (χ0n) is 15.3. The first kappa shape index (κ1) is 18.7. The van der Waals surface area contributed by atoms with E-state index in [0.29, 0.717) is 10.6 Å². The number of primary amides is 1. The van der Waals surface area contributed by atoms with Gasteiger partial charge in [-0.3, -0.25) is 9.59 Å². The van der Waals surface area contributed by atoms with E-state index in [0.717, 1.165) is 22.8 Å². The minimum Gasteiger partial charge on any atom is -0.371 e. The van der Waals surface area contributed by atoms with Crippen LogP contribution in [0, 0.1) is 13.8 Å². The molecule has 3 aromatic rings. The van der Waals surface area contributed by atoms with Crippen molar-refractivity contribution < 1.29 is 9.59 Å². The third kappa shape index (κ3) is 3.85. The van der Waals surface area contributed by atoms with Crippen LogP contribution in [-0.2, 0) is 4.79 Å². The Balaban J connectivity index is 1.77. The Morgan fingerprint density at radius 3 is 2.56 bits per heavy atom. The number of aryl methyl sites for hydroxylation is 1. The number of carbonyl (C=O) groups excluding carboxylic acids is 2. The van der Waals surface area contributed by atoms with Crippen LogP contribution >= 0.6 is 11.3 Å². The van der Waals surface area contributed by atoms with Crippen molar-refractivity contribution in [1.29, 1.82) is 0 Å². The number of hydrogen-bond donors (Lipinski definition) is 3. The first-order chi connectivity index (χ1) is 12.9. The molecule has 0 aliphatic carbocycles. The largest absolute Gasteiger partial charge is 0.371 e. The molecule has 27 heavy (non-hydrogen) atoms. The molecule has 0 bridgehead atoms. The van der Waals surface area contributed by atoms with Gasteiger partial charge in [0.2, 0.25) is 5.91 Å². The van der Waals surface area contributed by atoms with Crippen LogP contribution in [0.25, 0.3) is 5.69 Å². The maximum absolute atomic E-state index is 12.5. The van der Waals surface area contributed by atoms with Crippen molar-refractivity contribution in [3.8, 4) is 5.69 Å². The third-order valence-electron chi connectivity index (χ3n) is 4.21. The van der Waals surface area contributed by atoms with Gasteiger partial charge in [-0.15, -0.1) is 11.3 Å². The van der Waals surface area contributed by atoms with Gasteiger partial charge in [-0.25, -0.2) is 4.68 Å². The number of para-hydroxylation sites is 1. The standard InChI is InChI=1S/C19H21N5O2S/c1-11-16(13(3)24(23-11)14-7-5-4-6-8-14)21-12(2)18(26)22-19-15(17(20)25)9-10-27-19/h4-10,12,21H,1-3H3,(H2,20,25)(H,22,26)/t12-/m1/s1. The Hall–Kier alpha value is -3.13. The van der Waals surface area contributed by atoms with Crippen LogP contribution in [0.15, 0.2) is 41.8 Å². The van der Waals surface area contributed by atoms with Crippen LogP contribution < -0.4 is 16.4 Å². The van der Waals surface area contributed by atoms with Crippen molar-refractivity contribution in [2.45, 2.75) is 26.8 Å². The summed E-state index contributed by atoms with van der Waals surface area (Å²) in [5.74, 6) is -0.825. The molecule has 0 spiro atoms. The first-order valence-corrected chi connectivity index (χ1v) is 9.32. The van der Waals surface area contributed by atoms with Crippen LogP contribution in [0.3, 0.4) is 0 Å². The van der Waals surface area contributed by atoms with Crippen molar-refractivity contribution in [3.05, 3.63) is 58.7 Å². The number of nitrogens with one attached hydrogen (secondary N) is 2. The second-order valence-electron chi connectivity index (χ2n) is 6.18. The molecule has 0 saturated heterocycles. The monoisotopic (exact) mass is 383 g/mol. The van der Waals surface area contributed by atoms with Gasteiger partial charge in [0.25, 0.3) is 5.91 Å². The summed E-state index contributed by atoms with van der Waals surface area (Å²) >= 11 is 1.26. The number of nitrogens with zero attached hydrogens (tertiary/aromatic N) is 2. The van der Waals surface area contributed by atoms with Crippen LogP contribution in [0.5, 0.6) is 0 Å². The summed E-state index contributed by atoms with van der Waals surface area (Å²) in [4.78, 5) is 23.9. The van der Waals surface area contributed by atoms with E-state index in [2.05, 4.69) is 15.7 Å². The highest BCUT2D eigenvalue weighted by atomic mass is 32.1. The predicted octanol–water partition coefficient (Wildman–Crippen LogP) is 3.09. The molecule has 0 aliphatic rings. The zero-order chi connectivity index (χ0) is 19.6. The number of carbonyl (C=O) groups is 2. The molecule has 7 nitrogen and oxygen atoms in total. The van der Waals surface area contributed by atoms with E-state index in [1.165, 1.54) is 11.3 Å². The number of aromatic nitrogens is 2. The first-order valence-electron chi connectivity index (χ1n) is 8.44. The van der Waals surface area contributed by atoms with Gasteiger partial charge in [-0.05, 0) is 44.4 Å². The molecule has 140 valence electrons. The molecule has 0 saturated carbocycles. The second-order valence-corrected chi connectivity index (χ2v) is 7.09. The van der Waals surface area contributed by atoms with Gasteiger partial charge in [0.1, 0.15) is 11.0 Å². The van der Waals surface area contributed by atoms with Crippen molar-refractivity contribution in [3.63, 3.8) is 0 Å². The molecule has 0 aliphatic heterocycles. The molecule has 2 heterocycles. The smallest absolute Gasteiger partial charge is 0.251 e. The van der Waals surface area contributed by atoms with E-state index >= 15 is 0 Å². The Bertz CT molecular complexity index is 977. The van der Waals surface area contributed by atoms with E-state index < -0.39 is 11.9 Å². The van der Waals surface area contributed by atoms with Crippen LogP contribution in [0.4, 0.5) is 10.7 Å². The normalized spacial score (nSPS) is 11.8. The van der Waals surface area contributed by atoms with Gasteiger partial charge in [-0.1, -0.05) is 18.2 Å². The van der Waals surface area contributed by atoms with Gasteiger partial charge in [0.15, 0.2) is 0 Å². The minimum absolute atomic E-state index is 0.258. The number of hydrogen-bond acceptors (Lipinski definition) is 5.